The van der Waals surface area contributed by atoms with E-state index >= 15 is 0 Å². The van der Waals surface area contributed by atoms with Gasteiger partial charge in [0.2, 0.25) is 5.91 Å². The average Bonchev–Trinajstić information content (AvgIpc) is 3.65. The van der Waals surface area contributed by atoms with E-state index in [1.807, 2.05) is 18.2 Å². The molecule has 0 unspecified atom stereocenters. The van der Waals surface area contributed by atoms with Gasteiger partial charge in [0, 0.05) is 31.9 Å². The molecule has 1 aliphatic carbocycles. The molecule has 0 radical (unpaired) electrons. The Kier molecular flexibility index (Phi) is 5.43. The third kappa shape index (κ3) is 4.24. The maximum atomic E-state index is 13.3. The van der Waals surface area contributed by atoms with Gasteiger partial charge in [-0.1, -0.05) is 12.1 Å². The number of piperazine rings is 1. The number of para-hydroxylation sites is 1. The van der Waals surface area contributed by atoms with Crippen LogP contribution in [-0.4, -0.2) is 38.1 Å². The second-order valence-corrected chi connectivity index (χ2v) is 9.18. The third-order valence-corrected chi connectivity index (χ3v) is 7.00. The summed E-state index contributed by atoms with van der Waals surface area (Å²) in [6, 6.07) is 13.3. The Morgan fingerprint density at radius 1 is 1.12 bits per heavy atom. The van der Waals surface area contributed by atoms with Crippen molar-refractivity contribution in [3.63, 3.8) is 0 Å². The number of hydrogen-bond donors (Lipinski definition) is 1. The van der Waals surface area contributed by atoms with Crippen LogP contribution >= 0.6 is 0 Å². The molecule has 2 heterocycles. The number of halogens is 3. The molecule has 1 saturated carbocycles. The highest BCUT2D eigenvalue weighted by Crippen LogP contribution is 2.40. The van der Waals surface area contributed by atoms with Crippen LogP contribution in [0.25, 0.3) is 0 Å². The predicted molar refractivity (Wildman–Crippen MR) is 119 cm³/mol. The fraction of sp³-hybridized carbons (Fsp3) is 0.440. The van der Waals surface area contributed by atoms with Gasteiger partial charge in [-0.05, 0) is 61.1 Å². The van der Waals surface area contributed by atoms with Crippen molar-refractivity contribution in [2.75, 3.05) is 36.0 Å². The van der Waals surface area contributed by atoms with Crippen molar-refractivity contribution in [2.45, 2.75) is 31.5 Å². The maximum Gasteiger partial charge on any atom is 0.416 e. The molecule has 2 aromatic carbocycles. The lowest BCUT2D eigenvalue weighted by Gasteiger charge is -2.50. The molecule has 0 spiro atoms. The SMILES string of the molecule is N#Cc1ccccc1N1CCN2c3ccc(C(F)(F)F)cc3C[C@H](C(=O)NCC3CC3)[C@H]2C1. The lowest BCUT2D eigenvalue weighted by molar-refractivity contribution is -0.137. The summed E-state index contributed by atoms with van der Waals surface area (Å²) < 4.78 is 40.0. The molecule has 2 aromatic rings. The zero-order chi connectivity index (χ0) is 23.2. The van der Waals surface area contributed by atoms with Crippen LogP contribution in [0.1, 0.15) is 29.5 Å². The summed E-state index contributed by atoms with van der Waals surface area (Å²) in [5.74, 6) is -0.0460. The van der Waals surface area contributed by atoms with Gasteiger partial charge in [0.25, 0.3) is 0 Å². The first-order valence-corrected chi connectivity index (χ1v) is 11.3. The van der Waals surface area contributed by atoms with Gasteiger partial charge < -0.3 is 15.1 Å². The van der Waals surface area contributed by atoms with Gasteiger partial charge in [0.15, 0.2) is 0 Å². The van der Waals surface area contributed by atoms with Gasteiger partial charge >= 0.3 is 6.18 Å². The molecule has 8 heteroatoms. The molecule has 33 heavy (non-hydrogen) atoms. The molecule has 1 saturated heterocycles. The number of nitrogens with zero attached hydrogens (tertiary/aromatic N) is 3. The lowest BCUT2D eigenvalue weighted by atomic mass is 9.82. The minimum atomic E-state index is -4.42. The van der Waals surface area contributed by atoms with Crippen LogP contribution in [0.5, 0.6) is 0 Å². The molecule has 3 aliphatic rings. The Morgan fingerprint density at radius 3 is 2.64 bits per heavy atom. The Balaban J connectivity index is 1.47. The summed E-state index contributed by atoms with van der Waals surface area (Å²) in [4.78, 5) is 17.4. The number of alkyl halides is 3. The van der Waals surface area contributed by atoms with Crippen LogP contribution in [-0.2, 0) is 17.4 Å². The molecular weight excluding hydrogens is 429 g/mol. The molecule has 2 fully saturated rings. The summed E-state index contributed by atoms with van der Waals surface area (Å²) in [6.45, 7) is 2.33. The number of fused-ring (bicyclic) bond motifs is 3. The number of rotatable bonds is 4. The summed E-state index contributed by atoms with van der Waals surface area (Å²) in [6.07, 6.45) is -1.94. The molecule has 0 bridgehead atoms. The van der Waals surface area contributed by atoms with E-state index in [-0.39, 0.29) is 18.4 Å². The number of nitriles is 1. The van der Waals surface area contributed by atoms with Crippen molar-refractivity contribution in [1.82, 2.24) is 5.32 Å². The second kappa shape index (κ2) is 8.29. The minimum absolute atomic E-state index is 0.101. The van der Waals surface area contributed by atoms with Crippen molar-refractivity contribution < 1.29 is 18.0 Å². The fourth-order valence-electron chi connectivity index (χ4n) is 5.06. The Labute approximate surface area is 190 Å². The van der Waals surface area contributed by atoms with Crippen LogP contribution in [0.3, 0.4) is 0 Å². The largest absolute Gasteiger partial charge is 0.416 e. The van der Waals surface area contributed by atoms with Crippen molar-refractivity contribution in [3.05, 3.63) is 59.2 Å². The standard InChI is InChI=1S/C25H25F3N4O/c26-25(27,28)19-7-8-22-18(11-19)12-20(24(33)30-14-16-5-6-16)23-15-31(9-10-32(22)23)21-4-2-1-3-17(21)13-29/h1-4,7-8,11,16,20,23H,5-6,9-10,12,14-15H2,(H,30,33)/t20-,23+/m0/s1. The van der Waals surface area contributed by atoms with Gasteiger partial charge in [-0.25, -0.2) is 0 Å². The third-order valence-electron chi connectivity index (χ3n) is 7.00. The summed E-state index contributed by atoms with van der Waals surface area (Å²) in [7, 11) is 0. The Bertz CT molecular complexity index is 1110. The molecule has 5 nitrogen and oxygen atoms in total. The Morgan fingerprint density at radius 2 is 1.91 bits per heavy atom. The van der Waals surface area contributed by atoms with Gasteiger partial charge in [0.1, 0.15) is 6.07 Å². The van der Waals surface area contributed by atoms with E-state index in [0.29, 0.717) is 43.2 Å². The van der Waals surface area contributed by atoms with E-state index in [9.17, 15) is 23.2 Å². The maximum absolute atomic E-state index is 13.3. The normalized spacial score (nSPS) is 22.2. The number of nitrogens with one attached hydrogen (secondary N) is 1. The molecule has 1 N–H and O–H groups in total. The number of carbonyl (C=O) groups excluding carboxylic acids is 1. The van der Waals surface area contributed by atoms with Crippen molar-refractivity contribution in [3.8, 4) is 6.07 Å². The quantitative estimate of drug-likeness (QED) is 0.760. The monoisotopic (exact) mass is 454 g/mol. The highest BCUT2D eigenvalue weighted by molar-refractivity contribution is 5.82. The van der Waals surface area contributed by atoms with Gasteiger partial charge in [0.05, 0.1) is 28.8 Å². The molecule has 0 aromatic heterocycles. The van der Waals surface area contributed by atoms with E-state index < -0.39 is 17.7 Å². The molecule has 172 valence electrons. The number of anilines is 2. The first kappa shape index (κ1) is 21.6. The fourth-order valence-corrected chi connectivity index (χ4v) is 5.06. The van der Waals surface area contributed by atoms with E-state index in [0.717, 1.165) is 30.3 Å². The number of amides is 1. The van der Waals surface area contributed by atoms with Crippen LogP contribution < -0.4 is 15.1 Å². The minimum Gasteiger partial charge on any atom is -0.367 e. The van der Waals surface area contributed by atoms with Crippen LogP contribution in [0.4, 0.5) is 24.5 Å². The Hall–Kier alpha value is -3.21. The predicted octanol–water partition coefficient (Wildman–Crippen LogP) is 3.97. The van der Waals surface area contributed by atoms with Gasteiger partial charge in [-0.2, -0.15) is 18.4 Å². The average molecular weight is 454 g/mol. The number of benzene rings is 2. The molecule has 2 atom stereocenters. The van der Waals surface area contributed by atoms with Crippen LogP contribution in [0, 0.1) is 23.2 Å². The van der Waals surface area contributed by atoms with Gasteiger partial charge in [-0.15, -0.1) is 0 Å². The first-order chi connectivity index (χ1) is 15.8. The van der Waals surface area contributed by atoms with Crippen molar-refractivity contribution in [1.29, 1.82) is 5.26 Å². The molecular formula is C25H25F3N4O. The molecule has 2 aliphatic heterocycles. The van der Waals surface area contributed by atoms with E-state index in [1.165, 1.54) is 6.07 Å². The zero-order valence-corrected chi connectivity index (χ0v) is 18.1. The van der Waals surface area contributed by atoms with Crippen LogP contribution in [0.2, 0.25) is 0 Å². The van der Waals surface area contributed by atoms with Crippen LogP contribution in [0.15, 0.2) is 42.5 Å². The van der Waals surface area contributed by atoms with Crippen molar-refractivity contribution in [2.24, 2.45) is 11.8 Å². The van der Waals surface area contributed by atoms with Gasteiger partial charge in [-0.3, -0.25) is 4.79 Å². The molecule has 5 rings (SSSR count). The summed E-state index contributed by atoms with van der Waals surface area (Å²) in [5, 5.41) is 12.6. The van der Waals surface area contributed by atoms with Crippen molar-refractivity contribution >= 4 is 17.3 Å². The zero-order valence-electron chi connectivity index (χ0n) is 18.1. The van der Waals surface area contributed by atoms with E-state index in [2.05, 4.69) is 21.2 Å². The smallest absolute Gasteiger partial charge is 0.367 e. The summed E-state index contributed by atoms with van der Waals surface area (Å²) >= 11 is 0. The number of carbonyl (C=O) groups is 1. The topological polar surface area (TPSA) is 59.4 Å². The van der Waals surface area contributed by atoms with E-state index in [1.54, 1.807) is 12.1 Å². The molecule has 1 amide bonds. The second-order valence-electron chi connectivity index (χ2n) is 9.18. The highest BCUT2D eigenvalue weighted by Gasteiger charge is 2.43. The summed E-state index contributed by atoms with van der Waals surface area (Å²) in [5.41, 5.74) is 2.06. The lowest BCUT2D eigenvalue weighted by Crippen LogP contribution is -2.61. The highest BCUT2D eigenvalue weighted by atomic mass is 19.4. The number of hydrogen-bond acceptors (Lipinski definition) is 4. The van der Waals surface area contributed by atoms with E-state index in [4.69, 9.17) is 0 Å². The first-order valence-electron chi connectivity index (χ1n) is 11.3.